The van der Waals surface area contributed by atoms with E-state index in [1.165, 1.54) is 5.69 Å². The van der Waals surface area contributed by atoms with Crippen molar-refractivity contribution in [3.8, 4) is 0 Å². The molecular formula is C21H21BrN4O2. The van der Waals surface area contributed by atoms with Crippen molar-refractivity contribution in [3.63, 3.8) is 0 Å². The first kappa shape index (κ1) is 18.7. The van der Waals surface area contributed by atoms with Crippen LogP contribution in [0.3, 0.4) is 0 Å². The van der Waals surface area contributed by atoms with Crippen molar-refractivity contribution in [1.82, 2.24) is 10.2 Å². The number of hydrogen-bond acceptors (Lipinski definition) is 5. The summed E-state index contributed by atoms with van der Waals surface area (Å²) in [6.07, 6.45) is 1.65. The number of likely N-dealkylation sites (N-methyl/N-ethyl adjacent to an activating group) is 1. The summed E-state index contributed by atoms with van der Waals surface area (Å²) in [4.78, 5) is 29.1. The summed E-state index contributed by atoms with van der Waals surface area (Å²) in [5, 5.41) is 5.57. The van der Waals surface area contributed by atoms with Gasteiger partial charge in [0.05, 0.1) is 5.57 Å². The van der Waals surface area contributed by atoms with E-state index in [9.17, 15) is 9.59 Å². The third-order valence-corrected chi connectivity index (χ3v) is 5.60. The van der Waals surface area contributed by atoms with Crippen LogP contribution < -0.4 is 15.5 Å². The number of benzene rings is 2. The van der Waals surface area contributed by atoms with E-state index in [2.05, 4.69) is 55.5 Å². The van der Waals surface area contributed by atoms with Gasteiger partial charge in [-0.15, -0.1) is 0 Å². The molecule has 2 heterocycles. The summed E-state index contributed by atoms with van der Waals surface area (Å²) in [5.41, 5.74) is 3.61. The van der Waals surface area contributed by atoms with E-state index in [4.69, 9.17) is 0 Å². The lowest BCUT2D eigenvalue weighted by molar-refractivity contribution is -0.114. The molecule has 0 aromatic heterocycles. The van der Waals surface area contributed by atoms with Crippen LogP contribution in [0.1, 0.15) is 15.9 Å². The number of nitrogens with zero attached hydrogens (tertiary/aromatic N) is 2. The normalized spacial score (nSPS) is 18.8. The highest BCUT2D eigenvalue weighted by Crippen LogP contribution is 2.27. The first-order valence-corrected chi connectivity index (χ1v) is 9.96. The lowest BCUT2D eigenvalue weighted by Crippen LogP contribution is -2.44. The predicted molar refractivity (Wildman–Crippen MR) is 114 cm³/mol. The summed E-state index contributed by atoms with van der Waals surface area (Å²) in [5.74, 6) is -0.779. The Labute approximate surface area is 172 Å². The van der Waals surface area contributed by atoms with E-state index in [0.717, 1.165) is 36.3 Å². The molecule has 0 spiro atoms. The van der Waals surface area contributed by atoms with Gasteiger partial charge in [-0.25, -0.2) is 0 Å². The van der Waals surface area contributed by atoms with Crippen molar-refractivity contribution in [3.05, 3.63) is 64.3 Å². The monoisotopic (exact) mass is 440 g/mol. The average molecular weight is 441 g/mol. The molecule has 0 saturated carbocycles. The van der Waals surface area contributed by atoms with E-state index >= 15 is 0 Å². The summed E-state index contributed by atoms with van der Waals surface area (Å²) < 4.78 is 0.816. The smallest absolute Gasteiger partial charge is 0.260 e. The van der Waals surface area contributed by atoms with Gasteiger partial charge in [-0.1, -0.05) is 15.9 Å². The fourth-order valence-electron chi connectivity index (χ4n) is 3.43. The van der Waals surface area contributed by atoms with Crippen LogP contribution in [-0.2, 0) is 4.79 Å². The number of hydrogen-bond donors (Lipinski definition) is 2. The second-order valence-electron chi connectivity index (χ2n) is 7.01. The molecule has 2 aliphatic heterocycles. The number of carbonyl (C=O) groups excluding carboxylic acids is 2. The first-order chi connectivity index (χ1) is 13.5. The van der Waals surface area contributed by atoms with Crippen molar-refractivity contribution in [1.29, 1.82) is 0 Å². The SMILES string of the molecule is CN1CCN(c2ccc(N/C=C3\C(=O)NC(=O)c4ccc(Br)cc43)cc2)CC1. The van der Waals surface area contributed by atoms with Crippen molar-refractivity contribution in [2.75, 3.05) is 43.4 Å². The number of rotatable bonds is 3. The van der Waals surface area contributed by atoms with Crippen LogP contribution in [0.2, 0.25) is 0 Å². The maximum absolute atomic E-state index is 12.3. The van der Waals surface area contributed by atoms with Crippen LogP contribution in [0.25, 0.3) is 5.57 Å². The van der Waals surface area contributed by atoms with E-state index in [1.807, 2.05) is 12.1 Å². The van der Waals surface area contributed by atoms with Crippen LogP contribution in [0.15, 0.2) is 53.1 Å². The van der Waals surface area contributed by atoms with E-state index in [1.54, 1.807) is 24.4 Å². The first-order valence-electron chi connectivity index (χ1n) is 9.17. The molecule has 2 N–H and O–H groups in total. The molecule has 0 unspecified atom stereocenters. The van der Waals surface area contributed by atoms with Crippen LogP contribution in [-0.4, -0.2) is 49.9 Å². The minimum atomic E-state index is -0.405. The zero-order valence-electron chi connectivity index (χ0n) is 15.5. The molecule has 6 nitrogen and oxygen atoms in total. The largest absolute Gasteiger partial charge is 0.369 e. The van der Waals surface area contributed by atoms with Crippen LogP contribution >= 0.6 is 15.9 Å². The number of piperazine rings is 1. The Balaban J connectivity index is 1.53. The van der Waals surface area contributed by atoms with E-state index < -0.39 is 5.91 Å². The highest BCUT2D eigenvalue weighted by Gasteiger charge is 2.27. The molecular weight excluding hydrogens is 420 g/mol. The van der Waals surface area contributed by atoms with Gasteiger partial charge in [0.2, 0.25) is 0 Å². The van der Waals surface area contributed by atoms with Crippen molar-refractivity contribution < 1.29 is 9.59 Å². The maximum Gasteiger partial charge on any atom is 0.260 e. The second-order valence-corrected chi connectivity index (χ2v) is 7.93. The summed E-state index contributed by atoms with van der Waals surface area (Å²) in [6.45, 7) is 4.17. The average Bonchev–Trinajstić information content (AvgIpc) is 2.68. The second kappa shape index (κ2) is 7.77. The van der Waals surface area contributed by atoms with Gasteiger partial charge < -0.3 is 15.1 Å². The molecule has 144 valence electrons. The van der Waals surface area contributed by atoms with Gasteiger partial charge in [0.15, 0.2) is 0 Å². The quantitative estimate of drug-likeness (QED) is 0.567. The topological polar surface area (TPSA) is 64.7 Å². The number of imide groups is 1. The summed E-state index contributed by atoms with van der Waals surface area (Å²) >= 11 is 3.40. The van der Waals surface area contributed by atoms with Gasteiger partial charge in [0.25, 0.3) is 11.8 Å². The Morgan fingerprint density at radius 3 is 2.39 bits per heavy atom. The lowest BCUT2D eigenvalue weighted by Gasteiger charge is -2.34. The third-order valence-electron chi connectivity index (χ3n) is 5.11. The van der Waals surface area contributed by atoms with Crippen molar-refractivity contribution >= 4 is 44.7 Å². The lowest BCUT2D eigenvalue weighted by atomic mass is 9.95. The van der Waals surface area contributed by atoms with Gasteiger partial charge in [-0.05, 0) is 49.5 Å². The van der Waals surface area contributed by atoms with Gasteiger partial charge >= 0.3 is 0 Å². The molecule has 1 saturated heterocycles. The van der Waals surface area contributed by atoms with Crippen molar-refractivity contribution in [2.45, 2.75) is 0 Å². The highest BCUT2D eigenvalue weighted by atomic mass is 79.9. The molecule has 0 aliphatic carbocycles. The maximum atomic E-state index is 12.3. The van der Waals surface area contributed by atoms with Crippen LogP contribution in [0, 0.1) is 0 Å². The number of anilines is 2. The summed E-state index contributed by atoms with van der Waals surface area (Å²) in [6, 6.07) is 13.4. The highest BCUT2D eigenvalue weighted by molar-refractivity contribution is 9.10. The Morgan fingerprint density at radius 1 is 0.964 bits per heavy atom. The molecule has 4 rings (SSSR count). The fourth-order valence-corrected chi connectivity index (χ4v) is 3.79. The Kier molecular flexibility index (Phi) is 5.19. The molecule has 2 aromatic carbocycles. The predicted octanol–water partition coefficient (Wildman–Crippen LogP) is 2.92. The Hall–Kier alpha value is -2.64. The summed E-state index contributed by atoms with van der Waals surface area (Å²) in [7, 11) is 2.14. The van der Waals surface area contributed by atoms with Gasteiger partial charge in [-0.3, -0.25) is 14.9 Å². The van der Waals surface area contributed by atoms with Crippen LogP contribution in [0.4, 0.5) is 11.4 Å². The molecule has 2 aromatic rings. The number of nitrogens with one attached hydrogen (secondary N) is 2. The standard InChI is InChI=1S/C21H21BrN4O2/c1-25-8-10-26(11-9-25)16-5-3-15(4-6-16)23-13-19-18-12-14(22)2-7-17(18)20(27)24-21(19)28/h2-7,12-13,23H,8-11H2,1H3,(H,24,27,28)/b19-13-. The molecule has 0 bridgehead atoms. The minimum absolute atomic E-state index is 0.374. The Bertz CT molecular complexity index is 947. The zero-order chi connectivity index (χ0) is 19.7. The molecule has 7 heteroatoms. The van der Waals surface area contributed by atoms with Crippen molar-refractivity contribution in [2.24, 2.45) is 0 Å². The molecule has 28 heavy (non-hydrogen) atoms. The Morgan fingerprint density at radius 2 is 1.68 bits per heavy atom. The van der Waals surface area contributed by atoms with Gasteiger partial charge in [-0.2, -0.15) is 0 Å². The molecule has 2 aliphatic rings. The van der Waals surface area contributed by atoms with Crippen LogP contribution in [0.5, 0.6) is 0 Å². The molecule has 1 fully saturated rings. The van der Waals surface area contributed by atoms with E-state index in [0.29, 0.717) is 16.7 Å². The number of fused-ring (bicyclic) bond motifs is 1. The molecule has 0 atom stereocenters. The fraction of sp³-hybridized carbons (Fsp3) is 0.238. The number of halogens is 1. The van der Waals surface area contributed by atoms with Gasteiger partial charge in [0, 0.05) is 59.4 Å². The zero-order valence-corrected chi connectivity index (χ0v) is 17.1. The minimum Gasteiger partial charge on any atom is -0.369 e. The third kappa shape index (κ3) is 3.81. The molecule has 0 radical (unpaired) electrons. The van der Waals surface area contributed by atoms with Gasteiger partial charge in [0.1, 0.15) is 0 Å². The molecule has 2 amide bonds. The van der Waals surface area contributed by atoms with E-state index in [-0.39, 0.29) is 5.91 Å². The number of carbonyl (C=O) groups is 2. The number of amides is 2.